The third-order valence-electron chi connectivity index (χ3n) is 1.24. The molecule has 52 valence electrons. The minimum atomic E-state index is 0.266. The standard InChI is InChI=1S/C8H9NO/c1-2-6-9-7-4-3-5-8(9)10/h2-5,7H,1,6H2/p+1. The molecule has 0 aliphatic heterocycles. The van der Waals surface area contributed by atoms with Gasteiger partial charge in [0.05, 0.1) is 6.07 Å². The highest BCUT2D eigenvalue weighted by Gasteiger charge is 2.01. The highest BCUT2D eigenvalue weighted by molar-refractivity contribution is 4.99. The Morgan fingerprint density at radius 1 is 1.60 bits per heavy atom. The Kier molecular flexibility index (Phi) is 2.05. The van der Waals surface area contributed by atoms with Crippen molar-refractivity contribution in [1.82, 2.24) is 0 Å². The molecule has 2 heteroatoms. The number of pyridine rings is 1. The van der Waals surface area contributed by atoms with E-state index in [0.717, 1.165) is 0 Å². The van der Waals surface area contributed by atoms with E-state index in [9.17, 15) is 0 Å². The van der Waals surface area contributed by atoms with Crippen LogP contribution in [-0.4, -0.2) is 5.11 Å². The third kappa shape index (κ3) is 1.35. The number of rotatable bonds is 2. The summed E-state index contributed by atoms with van der Waals surface area (Å²) in [7, 11) is 0. The van der Waals surface area contributed by atoms with E-state index in [2.05, 4.69) is 6.58 Å². The predicted molar refractivity (Wildman–Crippen MR) is 38.5 cm³/mol. The number of aromatic hydroxyl groups is 1. The Bertz CT molecular complexity index is 232. The van der Waals surface area contributed by atoms with Gasteiger partial charge in [-0.05, 0) is 12.1 Å². The summed E-state index contributed by atoms with van der Waals surface area (Å²) >= 11 is 0. The van der Waals surface area contributed by atoms with Gasteiger partial charge in [0, 0.05) is 6.07 Å². The largest absolute Gasteiger partial charge is 0.460 e. The molecule has 0 amide bonds. The van der Waals surface area contributed by atoms with Crippen molar-refractivity contribution in [3.63, 3.8) is 0 Å². The van der Waals surface area contributed by atoms with Crippen molar-refractivity contribution in [3.8, 4) is 5.88 Å². The van der Waals surface area contributed by atoms with Crippen molar-refractivity contribution < 1.29 is 9.67 Å². The van der Waals surface area contributed by atoms with Crippen LogP contribution < -0.4 is 4.57 Å². The van der Waals surface area contributed by atoms with Crippen molar-refractivity contribution in [2.75, 3.05) is 0 Å². The van der Waals surface area contributed by atoms with Gasteiger partial charge in [-0.3, -0.25) is 0 Å². The van der Waals surface area contributed by atoms with Crippen molar-refractivity contribution >= 4 is 0 Å². The first-order valence-electron chi connectivity index (χ1n) is 3.13. The monoisotopic (exact) mass is 136 g/mol. The van der Waals surface area contributed by atoms with Crippen LogP contribution in [0.25, 0.3) is 0 Å². The second kappa shape index (κ2) is 3.01. The molecule has 0 spiro atoms. The number of nitrogens with zero attached hydrogens (tertiary/aromatic N) is 1. The summed E-state index contributed by atoms with van der Waals surface area (Å²) in [6, 6.07) is 5.29. The van der Waals surface area contributed by atoms with Gasteiger partial charge in [0.25, 0.3) is 0 Å². The minimum absolute atomic E-state index is 0.266. The molecule has 0 fully saturated rings. The summed E-state index contributed by atoms with van der Waals surface area (Å²) in [5, 5.41) is 9.16. The van der Waals surface area contributed by atoms with Gasteiger partial charge >= 0.3 is 5.88 Å². The van der Waals surface area contributed by atoms with E-state index in [4.69, 9.17) is 5.11 Å². The molecule has 0 bridgehead atoms. The Hall–Kier alpha value is -1.31. The SMILES string of the molecule is C=CC[n+]1ccccc1O. The smallest absolute Gasteiger partial charge is 0.365 e. The summed E-state index contributed by atoms with van der Waals surface area (Å²) in [4.78, 5) is 0. The molecule has 1 aromatic heterocycles. The molecular formula is C8H10NO+. The number of hydrogen-bond acceptors (Lipinski definition) is 1. The fraction of sp³-hybridized carbons (Fsp3) is 0.125. The Morgan fingerprint density at radius 3 is 3.00 bits per heavy atom. The van der Waals surface area contributed by atoms with Crippen LogP contribution in [0.15, 0.2) is 37.1 Å². The predicted octanol–water partition coefficient (Wildman–Crippen LogP) is 0.866. The molecule has 1 N–H and O–H groups in total. The van der Waals surface area contributed by atoms with Crippen LogP contribution in [0.1, 0.15) is 0 Å². The van der Waals surface area contributed by atoms with Gasteiger partial charge in [-0.2, -0.15) is 4.57 Å². The molecule has 0 unspecified atom stereocenters. The third-order valence-corrected chi connectivity index (χ3v) is 1.24. The molecule has 0 atom stereocenters. The Morgan fingerprint density at radius 2 is 2.40 bits per heavy atom. The van der Waals surface area contributed by atoms with E-state index < -0.39 is 0 Å². The molecule has 0 saturated carbocycles. The fourth-order valence-corrected chi connectivity index (χ4v) is 0.761. The number of aromatic nitrogens is 1. The second-order valence-corrected chi connectivity index (χ2v) is 2.00. The van der Waals surface area contributed by atoms with E-state index >= 15 is 0 Å². The molecule has 10 heavy (non-hydrogen) atoms. The van der Waals surface area contributed by atoms with Gasteiger partial charge in [-0.25, -0.2) is 0 Å². The normalized spacial score (nSPS) is 9.20. The van der Waals surface area contributed by atoms with Crippen LogP contribution in [0.5, 0.6) is 5.88 Å². The molecular weight excluding hydrogens is 126 g/mol. The summed E-state index contributed by atoms with van der Waals surface area (Å²) in [6.07, 6.45) is 3.54. The molecule has 2 nitrogen and oxygen atoms in total. The molecule has 0 saturated heterocycles. The molecule has 0 aliphatic carbocycles. The quantitative estimate of drug-likeness (QED) is 0.473. The van der Waals surface area contributed by atoms with Crippen LogP contribution in [-0.2, 0) is 6.54 Å². The first kappa shape index (κ1) is 6.81. The average molecular weight is 136 g/mol. The fourth-order valence-electron chi connectivity index (χ4n) is 0.761. The molecule has 1 rings (SSSR count). The highest BCUT2D eigenvalue weighted by atomic mass is 16.3. The number of allylic oxidation sites excluding steroid dienone is 1. The van der Waals surface area contributed by atoms with Gasteiger partial charge in [-0.15, -0.1) is 0 Å². The Labute approximate surface area is 60.1 Å². The summed E-state index contributed by atoms with van der Waals surface area (Å²) in [5.41, 5.74) is 0. The van der Waals surface area contributed by atoms with E-state index in [0.29, 0.717) is 6.54 Å². The lowest BCUT2D eigenvalue weighted by molar-refractivity contribution is -0.692. The minimum Gasteiger partial charge on any atom is -0.460 e. The number of hydrogen-bond donors (Lipinski definition) is 1. The van der Waals surface area contributed by atoms with Crippen LogP contribution in [0.4, 0.5) is 0 Å². The van der Waals surface area contributed by atoms with Gasteiger partial charge in [-0.1, -0.05) is 6.58 Å². The maximum Gasteiger partial charge on any atom is 0.365 e. The molecule has 1 aromatic rings. The van der Waals surface area contributed by atoms with Crippen molar-refractivity contribution in [3.05, 3.63) is 37.1 Å². The van der Waals surface area contributed by atoms with Gasteiger partial charge < -0.3 is 5.11 Å². The Balaban J connectivity index is 2.91. The summed E-state index contributed by atoms with van der Waals surface area (Å²) < 4.78 is 1.70. The summed E-state index contributed by atoms with van der Waals surface area (Å²) in [6.45, 7) is 4.21. The van der Waals surface area contributed by atoms with Gasteiger partial charge in [0.2, 0.25) is 0 Å². The maximum absolute atomic E-state index is 9.16. The van der Waals surface area contributed by atoms with Gasteiger partial charge in [0.15, 0.2) is 12.7 Å². The lowest BCUT2D eigenvalue weighted by Gasteiger charge is -1.91. The van der Waals surface area contributed by atoms with E-state index in [1.165, 1.54) is 0 Å². The van der Waals surface area contributed by atoms with Crippen molar-refractivity contribution in [1.29, 1.82) is 0 Å². The van der Waals surface area contributed by atoms with Crippen molar-refractivity contribution in [2.24, 2.45) is 0 Å². The first-order valence-corrected chi connectivity index (χ1v) is 3.13. The van der Waals surface area contributed by atoms with Gasteiger partial charge in [0.1, 0.15) is 0 Å². The summed E-state index contributed by atoms with van der Waals surface area (Å²) in [5.74, 6) is 0.266. The lowest BCUT2D eigenvalue weighted by Crippen LogP contribution is -2.31. The first-order chi connectivity index (χ1) is 4.84. The lowest BCUT2D eigenvalue weighted by atomic mass is 10.4. The zero-order valence-corrected chi connectivity index (χ0v) is 5.70. The second-order valence-electron chi connectivity index (χ2n) is 2.00. The van der Waals surface area contributed by atoms with Crippen LogP contribution in [0.2, 0.25) is 0 Å². The molecule has 1 heterocycles. The maximum atomic E-state index is 9.16. The van der Waals surface area contributed by atoms with Crippen LogP contribution in [0.3, 0.4) is 0 Å². The van der Waals surface area contributed by atoms with Crippen molar-refractivity contribution in [2.45, 2.75) is 6.54 Å². The van der Waals surface area contributed by atoms with E-state index in [1.807, 2.05) is 6.07 Å². The van der Waals surface area contributed by atoms with E-state index in [1.54, 1.807) is 29.0 Å². The highest BCUT2D eigenvalue weighted by Crippen LogP contribution is 1.96. The average Bonchev–Trinajstić information content (AvgIpc) is 1.94. The molecule has 0 radical (unpaired) electrons. The zero-order valence-electron chi connectivity index (χ0n) is 5.70. The topological polar surface area (TPSA) is 24.1 Å². The zero-order chi connectivity index (χ0) is 7.40. The van der Waals surface area contributed by atoms with Crippen LogP contribution >= 0.6 is 0 Å². The molecule has 0 aliphatic rings. The van der Waals surface area contributed by atoms with E-state index in [-0.39, 0.29) is 5.88 Å². The molecule has 0 aromatic carbocycles. The van der Waals surface area contributed by atoms with Crippen LogP contribution in [0, 0.1) is 0 Å².